The van der Waals surface area contributed by atoms with Crippen molar-refractivity contribution in [2.24, 2.45) is 0 Å². The number of hydrogen-bond donors (Lipinski definition) is 0. The number of hydrogen-bond acceptors (Lipinski definition) is 1. The average Bonchev–Trinajstić information content (AvgIpc) is 3.58. The van der Waals surface area contributed by atoms with Crippen LogP contribution in [0.3, 0.4) is 0 Å². The van der Waals surface area contributed by atoms with E-state index in [1.54, 1.807) is 4.57 Å². The molecule has 226 valence electrons. The summed E-state index contributed by atoms with van der Waals surface area (Å²) in [5.41, 5.74) is 11.3. The lowest BCUT2D eigenvalue weighted by Gasteiger charge is -2.19. The summed E-state index contributed by atoms with van der Waals surface area (Å²) in [6.07, 6.45) is 0. The van der Waals surface area contributed by atoms with Gasteiger partial charge >= 0.3 is 0 Å². The Morgan fingerprint density at radius 2 is 0.896 bits per heavy atom. The van der Waals surface area contributed by atoms with E-state index in [-0.39, 0.29) is 5.82 Å². The lowest BCUT2D eigenvalue weighted by Crippen LogP contribution is -1.97. The van der Waals surface area contributed by atoms with Crippen LogP contribution in [0, 0.1) is 6.85 Å². The topological polar surface area (TPSA) is 17.8 Å². The van der Waals surface area contributed by atoms with Crippen molar-refractivity contribution in [3.8, 4) is 50.2 Å². The van der Waals surface area contributed by atoms with Gasteiger partial charge in [-0.05, 0) is 115 Å². The van der Waals surface area contributed by atoms with Gasteiger partial charge in [0, 0.05) is 9.80 Å². The smallest absolute Gasteiger partial charge is 0.111 e. The van der Waals surface area contributed by atoms with Gasteiger partial charge in [0.1, 0.15) is 5.82 Å². The molecule has 48 heavy (non-hydrogen) atoms. The zero-order chi connectivity index (χ0) is 34.5. The molecule has 0 radical (unpaired) electrons. The molecule has 0 unspecified atom stereocenters. The fourth-order valence-corrected chi connectivity index (χ4v) is 7.20. The largest absolute Gasteiger partial charge is 0.297 e. The Morgan fingerprint density at radius 1 is 0.417 bits per heavy atom. The van der Waals surface area contributed by atoms with E-state index < -0.39 is 6.85 Å². The Balaban J connectivity index is 1.32. The van der Waals surface area contributed by atoms with E-state index in [0.717, 1.165) is 60.6 Å². The van der Waals surface area contributed by atoms with Gasteiger partial charge in [0.2, 0.25) is 0 Å². The van der Waals surface area contributed by atoms with Gasteiger partial charge in [0.25, 0.3) is 0 Å². The third-order valence-electron chi connectivity index (χ3n) is 9.32. The van der Waals surface area contributed by atoms with Gasteiger partial charge in [-0.15, -0.1) is 0 Å². The van der Waals surface area contributed by atoms with Crippen molar-refractivity contribution >= 4 is 32.6 Å². The Bertz CT molecular complexity index is 2610. The van der Waals surface area contributed by atoms with Crippen molar-refractivity contribution in [1.29, 1.82) is 0 Å². The highest BCUT2D eigenvalue weighted by molar-refractivity contribution is 6.21. The monoisotopic (exact) mass is 615 g/mol. The number of imidazole rings is 1. The molecule has 0 saturated carbocycles. The van der Waals surface area contributed by atoms with Crippen LogP contribution in [0.2, 0.25) is 0 Å². The molecule has 1 aromatic heterocycles. The number of benzene rings is 8. The van der Waals surface area contributed by atoms with E-state index in [1.807, 2.05) is 36.4 Å². The van der Waals surface area contributed by atoms with Gasteiger partial charge in [0.15, 0.2) is 0 Å². The van der Waals surface area contributed by atoms with Gasteiger partial charge in [-0.2, -0.15) is 0 Å². The van der Waals surface area contributed by atoms with Crippen LogP contribution in [0.1, 0.15) is 9.94 Å². The minimum atomic E-state index is -2.39. The molecule has 0 spiro atoms. The Hall–Kier alpha value is -6.25. The summed E-state index contributed by atoms with van der Waals surface area (Å²) in [4.78, 5) is 4.57. The molecule has 0 aliphatic carbocycles. The molecule has 2 heteroatoms. The Morgan fingerprint density at radius 3 is 1.48 bits per heavy atom. The predicted octanol–water partition coefficient (Wildman–Crippen LogP) is 12.3. The molecule has 1 heterocycles. The fourth-order valence-electron chi connectivity index (χ4n) is 7.20. The second-order valence-corrected chi connectivity index (χ2v) is 12.2. The van der Waals surface area contributed by atoms with Crippen LogP contribution in [0.15, 0.2) is 176 Å². The normalized spacial score (nSPS) is 12.6. The van der Waals surface area contributed by atoms with Gasteiger partial charge in [-0.25, -0.2) is 4.98 Å². The maximum Gasteiger partial charge on any atom is 0.111 e. The second-order valence-electron chi connectivity index (χ2n) is 12.2. The summed E-state index contributed by atoms with van der Waals surface area (Å²) in [5.74, 6) is 0.0541. The maximum atomic E-state index is 8.32. The molecule has 0 atom stereocenters. The number of aryl methyl sites for hydroxylation is 1. The highest BCUT2D eigenvalue weighted by atomic mass is 15.1. The number of nitrogens with zero attached hydrogens (tertiary/aromatic N) is 2. The fraction of sp³-hybridized carbons (Fsp3) is 0.0217. The summed E-state index contributed by atoms with van der Waals surface area (Å²) in [6.45, 7) is -2.39. The van der Waals surface area contributed by atoms with Crippen molar-refractivity contribution in [2.45, 2.75) is 6.85 Å². The molecule has 0 bridgehead atoms. The van der Waals surface area contributed by atoms with Gasteiger partial charge in [0.05, 0.1) is 11.0 Å². The number of fused-ring (bicyclic) bond motifs is 3. The summed E-state index contributed by atoms with van der Waals surface area (Å²) >= 11 is 0. The minimum Gasteiger partial charge on any atom is -0.297 e. The SMILES string of the molecule is [2H]C([2H])([2H])c1nc2ccccc2n1-c1cccc(-c2c3ccccc3c(-c3cc(-c4ccccc4)cc(-c4ccccc4)c3)c3ccccc23)c1. The first-order valence-corrected chi connectivity index (χ1v) is 16.2. The van der Waals surface area contributed by atoms with Crippen LogP contribution < -0.4 is 0 Å². The van der Waals surface area contributed by atoms with Gasteiger partial charge in [-0.1, -0.05) is 133 Å². The van der Waals surface area contributed by atoms with Gasteiger partial charge < -0.3 is 0 Å². The standard InChI is InChI=1S/C46H32N2/c1-31-47-43-25-12-13-26-44(43)48(31)38-20-14-19-34(30-38)45-39-21-8-10-23-41(39)46(42-24-11-9-22-40(42)45)37-28-35(32-15-4-2-5-16-32)27-36(29-37)33-17-6-3-7-18-33/h2-30H,1H3/i1D3. The van der Waals surface area contributed by atoms with Gasteiger partial charge in [-0.3, -0.25) is 4.57 Å². The van der Waals surface area contributed by atoms with Crippen molar-refractivity contribution in [2.75, 3.05) is 0 Å². The summed E-state index contributed by atoms with van der Waals surface area (Å²) in [5, 5.41) is 4.55. The van der Waals surface area contributed by atoms with E-state index >= 15 is 0 Å². The van der Waals surface area contributed by atoms with E-state index in [9.17, 15) is 0 Å². The molecule has 9 rings (SSSR count). The second kappa shape index (κ2) is 11.5. The number of para-hydroxylation sites is 2. The van der Waals surface area contributed by atoms with Crippen molar-refractivity contribution < 1.29 is 4.11 Å². The zero-order valence-corrected chi connectivity index (χ0v) is 26.1. The third kappa shape index (κ3) is 4.70. The van der Waals surface area contributed by atoms with E-state index in [0.29, 0.717) is 5.52 Å². The van der Waals surface area contributed by atoms with Crippen molar-refractivity contribution in [3.05, 3.63) is 182 Å². The lowest BCUT2D eigenvalue weighted by molar-refractivity contribution is 1.00. The average molecular weight is 616 g/mol. The molecule has 8 aromatic carbocycles. The molecule has 0 aliphatic rings. The summed E-state index contributed by atoms with van der Waals surface area (Å²) in [6, 6.07) is 61.1. The first-order chi connectivity index (χ1) is 24.9. The zero-order valence-electron chi connectivity index (χ0n) is 29.1. The molecular weight excluding hydrogens is 581 g/mol. The van der Waals surface area contributed by atoms with Crippen LogP contribution in [0.5, 0.6) is 0 Å². The highest BCUT2D eigenvalue weighted by Crippen LogP contribution is 2.45. The number of rotatable bonds is 5. The van der Waals surface area contributed by atoms with Crippen LogP contribution in [0.4, 0.5) is 0 Å². The molecule has 0 aliphatic heterocycles. The molecule has 0 amide bonds. The number of aromatic nitrogens is 2. The molecule has 2 nitrogen and oxygen atoms in total. The first-order valence-electron chi connectivity index (χ1n) is 17.7. The van der Waals surface area contributed by atoms with E-state index in [2.05, 4.69) is 145 Å². The first kappa shape index (κ1) is 24.9. The molecule has 0 fully saturated rings. The van der Waals surface area contributed by atoms with E-state index in [4.69, 9.17) is 4.11 Å². The quantitative estimate of drug-likeness (QED) is 0.176. The lowest BCUT2D eigenvalue weighted by atomic mass is 9.84. The molecular formula is C46H32N2. The van der Waals surface area contributed by atoms with Crippen LogP contribution in [-0.2, 0) is 0 Å². The molecule has 9 aromatic rings. The molecule has 0 saturated heterocycles. The summed E-state index contributed by atoms with van der Waals surface area (Å²) in [7, 11) is 0. The third-order valence-corrected chi connectivity index (χ3v) is 9.32. The van der Waals surface area contributed by atoms with Crippen LogP contribution >= 0.6 is 0 Å². The molecule has 0 N–H and O–H groups in total. The van der Waals surface area contributed by atoms with E-state index in [1.165, 1.54) is 16.7 Å². The van der Waals surface area contributed by atoms with Crippen molar-refractivity contribution in [1.82, 2.24) is 9.55 Å². The minimum absolute atomic E-state index is 0.0541. The Labute approximate surface area is 284 Å². The predicted molar refractivity (Wildman–Crippen MR) is 203 cm³/mol. The van der Waals surface area contributed by atoms with Crippen LogP contribution in [0.25, 0.3) is 82.8 Å². The van der Waals surface area contributed by atoms with Crippen LogP contribution in [-0.4, -0.2) is 9.55 Å². The van der Waals surface area contributed by atoms with Crippen molar-refractivity contribution in [3.63, 3.8) is 0 Å². The Kier molecular flexibility index (Phi) is 5.98. The maximum absolute atomic E-state index is 8.32. The summed E-state index contributed by atoms with van der Waals surface area (Å²) < 4.78 is 26.8. The highest BCUT2D eigenvalue weighted by Gasteiger charge is 2.19.